The van der Waals surface area contributed by atoms with E-state index in [2.05, 4.69) is 5.32 Å². The van der Waals surface area contributed by atoms with Crippen LogP contribution in [-0.4, -0.2) is 32.7 Å². The zero-order valence-corrected chi connectivity index (χ0v) is 11.8. The van der Waals surface area contributed by atoms with Crippen molar-refractivity contribution in [1.29, 1.82) is 0 Å². The van der Waals surface area contributed by atoms with Crippen molar-refractivity contribution in [3.05, 3.63) is 23.8 Å². The van der Waals surface area contributed by atoms with Crippen LogP contribution in [0.1, 0.15) is 18.4 Å². The number of rotatable bonds is 3. The fourth-order valence-electron chi connectivity index (χ4n) is 2.20. The predicted octanol–water partition coefficient (Wildman–Crippen LogP) is 2.89. The molecule has 0 saturated carbocycles. The van der Waals surface area contributed by atoms with Gasteiger partial charge in [0.25, 0.3) is 5.91 Å². The van der Waals surface area contributed by atoms with Crippen LogP contribution in [0.5, 0.6) is 0 Å². The fourth-order valence-corrected chi connectivity index (χ4v) is 2.20. The second kappa shape index (κ2) is 5.93. The first-order valence-corrected chi connectivity index (χ1v) is 6.60. The van der Waals surface area contributed by atoms with Gasteiger partial charge in [0.05, 0.1) is 16.9 Å². The summed E-state index contributed by atoms with van der Waals surface area (Å²) in [6.45, 7) is 0.501. The van der Waals surface area contributed by atoms with Gasteiger partial charge >= 0.3 is 6.18 Å². The highest BCUT2D eigenvalue weighted by Gasteiger charge is 2.32. The molecule has 1 fully saturated rings. The summed E-state index contributed by atoms with van der Waals surface area (Å²) < 4.78 is 43.6. The zero-order chi connectivity index (χ0) is 15.6. The van der Waals surface area contributed by atoms with Gasteiger partial charge in [-0.1, -0.05) is 0 Å². The number of benzene rings is 1. The number of alkyl halides is 3. The summed E-state index contributed by atoms with van der Waals surface area (Å²) in [5, 5.41) is 2.54. The minimum Gasteiger partial charge on any atom is -0.376 e. The van der Waals surface area contributed by atoms with E-state index in [-0.39, 0.29) is 5.69 Å². The number of amides is 1. The van der Waals surface area contributed by atoms with Crippen LogP contribution >= 0.6 is 0 Å². The van der Waals surface area contributed by atoms with Crippen molar-refractivity contribution in [2.45, 2.75) is 25.1 Å². The Morgan fingerprint density at radius 3 is 2.62 bits per heavy atom. The molecule has 1 N–H and O–H groups in total. The van der Waals surface area contributed by atoms with Gasteiger partial charge in [0.15, 0.2) is 0 Å². The van der Waals surface area contributed by atoms with Crippen LogP contribution in [0, 0.1) is 0 Å². The molecular formula is C14H17F3N2O2. The third kappa shape index (κ3) is 3.66. The minimum absolute atomic E-state index is 0.135. The summed E-state index contributed by atoms with van der Waals surface area (Å²) in [5.74, 6) is -0.407. The standard InChI is InChI=1S/C14H17F3N2O2/c1-19(2)11-6-5-9(14(15,16)17)8-10(11)18-13(20)12-4-3-7-21-12/h5-6,8,12H,3-4,7H2,1-2H3,(H,18,20). The lowest BCUT2D eigenvalue weighted by Gasteiger charge is -2.20. The highest BCUT2D eigenvalue weighted by molar-refractivity contribution is 5.97. The van der Waals surface area contributed by atoms with E-state index in [4.69, 9.17) is 4.74 Å². The largest absolute Gasteiger partial charge is 0.416 e. The molecule has 1 amide bonds. The molecule has 4 nitrogen and oxygen atoms in total. The Morgan fingerprint density at radius 1 is 1.38 bits per heavy atom. The van der Waals surface area contributed by atoms with Crippen LogP contribution in [0.25, 0.3) is 0 Å². The molecule has 7 heteroatoms. The van der Waals surface area contributed by atoms with Crippen molar-refractivity contribution in [3.8, 4) is 0 Å². The Morgan fingerprint density at radius 2 is 2.10 bits per heavy atom. The Balaban J connectivity index is 2.28. The predicted molar refractivity (Wildman–Crippen MR) is 73.4 cm³/mol. The van der Waals surface area contributed by atoms with Gasteiger partial charge in [-0.05, 0) is 31.0 Å². The first-order chi connectivity index (χ1) is 9.79. The normalized spacial score (nSPS) is 18.6. The van der Waals surface area contributed by atoms with Crippen molar-refractivity contribution < 1.29 is 22.7 Å². The first kappa shape index (κ1) is 15.6. The Hall–Kier alpha value is -1.76. The molecule has 0 radical (unpaired) electrons. The maximum atomic E-state index is 12.8. The average Bonchev–Trinajstić information content (AvgIpc) is 2.91. The number of carbonyl (C=O) groups is 1. The molecule has 0 spiro atoms. The summed E-state index contributed by atoms with van der Waals surface area (Å²) in [7, 11) is 3.40. The molecule has 0 bridgehead atoms. The number of anilines is 2. The highest BCUT2D eigenvalue weighted by atomic mass is 19.4. The van der Waals surface area contributed by atoms with Crippen molar-refractivity contribution >= 4 is 17.3 Å². The molecule has 1 unspecified atom stereocenters. The third-order valence-electron chi connectivity index (χ3n) is 3.29. The molecule has 1 aromatic rings. The number of hydrogen-bond acceptors (Lipinski definition) is 3. The Kier molecular flexibility index (Phi) is 4.41. The second-order valence-electron chi connectivity index (χ2n) is 5.12. The van der Waals surface area contributed by atoms with Crippen molar-refractivity contribution in [1.82, 2.24) is 0 Å². The average molecular weight is 302 g/mol. The number of carbonyl (C=O) groups excluding carboxylic acids is 1. The van der Waals surface area contributed by atoms with Crippen LogP contribution < -0.4 is 10.2 Å². The summed E-state index contributed by atoms with van der Waals surface area (Å²) >= 11 is 0. The summed E-state index contributed by atoms with van der Waals surface area (Å²) in [6.07, 6.45) is -3.67. The maximum absolute atomic E-state index is 12.8. The van der Waals surface area contributed by atoms with Gasteiger partial charge < -0.3 is 15.0 Å². The van der Waals surface area contributed by atoms with E-state index in [1.807, 2.05) is 0 Å². The fraction of sp³-hybridized carbons (Fsp3) is 0.500. The summed E-state index contributed by atoms with van der Waals surface area (Å²) in [5.41, 5.74) is -0.152. The maximum Gasteiger partial charge on any atom is 0.416 e. The molecule has 116 valence electrons. The second-order valence-corrected chi connectivity index (χ2v) is 5.12. The molecule has 1 aliphatic rings. The number of halogens is 3. The zero-order valence-electron chi connectivity index (χ0n) is 11.8. The van der Waals surface area contributed by atoms with Crippen molar-refractivity contribution in [2.24, 2.45) is 0 Å². The van der Waals surface area contributed by atoms with Crippen molar-refractivity contribution in [3.63, 3.8) is 0 Å². The Bertz CT molecular complexity index is 523. The van der Waals surface area contributed by atoms with Gasteiger partial charge in [0, 0.05) is 20.7 Å². The van der Waals surface area contributed by atoms with Crippen LogP contribution in [0.15, 0.2) is 18.2 Å². The molecule has 0 aliphatic carbocycles. The van der Waals surface area contributed by atoms with Crippen molar-refractivity contribution in [2.75, 3.05) is 30.9 Å². The minimum atomic E-state index is -4.45. The number of nitrogens with one attached hydrogen (secondary N) is 1. The molecular weight excluding hydrogens is 285 g/mol. The van der Waals surface area contributed by atoms with Crippen LogP contribution in [0.2, 0.25) is 0 Å². The number of ether oxygens (including phenoxy) is 1. The van der Waals surface area contributed by atoms with E-state index >= 15 is 0 Å². The van der Waals surface area contributed by atoms with E-state index < -0.39 is 23.8 Å². The molecule has 1 heterocycles. The van der Waals surface area contributed by atoms with Gasteiger partial charge in [-0.25, -0.2) is 0 Å². The number of nitrogens with zero attached hydrogens (tertiary/aromatic N) is 1. The van der Waals surface area contributed by atoms with Crippen LogP contribution in [0.4, 0.5) is 24.5 Å². The molecule has 2 rings (SSSR count). The van der Waals surface area contributed by atoms with E-state index in [1.54, 1.807) is 19.0 Å². The number of hydrogen-bond donors (Lipinski definition) is 1. The molecule has 1 aliphatic heterocycles. The van der Waals surface area contributed by atoms with Gasteiger partial charge in [-0.3, -0.25) is 4.79 Å². The SMILES string of the molecule is CN(C)c1ccc(C(F)(F)F)cc1NC(=O)C1CCCO1. The van der Waals surface area contributed by atoms with E-state index in [1.165, 1.54) is 6.07 Å². The highest BCUT2D eigenvalue weighted by Crippen LogP contribution is 2.35. The van der Waals surface area contributed by atoms with Gasteiger partial charge in [-0.15, -0.1) is 0 Å². The quantitative estimate of drug-likeness (QED) is 0.933. The van der Waals surface area contributed by atoms with Crippen LogP contribution in [0.3, 0.4) is 0 Å². The molecule has 21 heavy (non-hydrogen) atoms. The topological polar surface area (TPSA) is 41.6 Å². The smallest absolute Gasteiger partial charge is 0.376 e. The van der Waals surface area contributed by atoms with Gasteiger partial charge in [-0.2, -0.15) is 13.2 Å². The monoisotopic (exact) mass is 302 g/mol. The van der Waals surface area contributed by atoms with Gasteiger partial charge in [0.2, 0.25) is 0 Å². The first-order valence-electron chi connectivity index (χ1n) is 6.60. The molecule has 0 aromatic heterocycles. The summed E-state index contributed by atoms with van der Waals surface area (Å²) in [6, 6.07) is 3.28. The Labute approximate surface area is 120 Å². The molecule has 1 saturated heterocycles. The molecule has 1 atom stereocenters. The lowest BCUT2D eigenvalue weighted by Crippen LogP contribution is -2.28. The lowest BCUT2D eigenvalue weighted by atomic mass is 10.1. The van der Waals surface area contributed by atoms with E-state index in [0.717, 1.165) is 18.6 Å². The van der Waals surface area contributed by atoms with Gasteiger partial charge in [0.1, 0.15) is 6.10 Å². The van der Waals surface area contributed by atoms with E-state index in [9.17, 15) is 18.0 Å². The molecule has 1 aromatic carbocycles. The lowest BCUT2D eigenvalue weighted by molar-refractivity contribution is -0.137. The summed E-state index contributed by atoms with van der Waals surface area (Å²) in [4.78, 5) is 13.7. The van der Waals surface area contributed by atoms with E-state index in [0.29, 0.717) is 18.7 Å². The third-order valence-corrected chi connectivity index (χ3v) is 3.29. The van der Waals surface area contributed by atoms with Crippen LogP contribution in [-0.2, 0) is 15.7 Å².